The van der Waals surface area contributed by atoms with Crippen LogP contribution < -0.4 is 10.6 Å². The molecule has 0 aliphatic rings. The zero-order valence-corrected chi connectivity index (χ0v) is 15.8. The molecule has 8 heteroatoms. The van der Waals surface area contributed by atoms with E-state index in [1.54, 1.807) is 56.7 Å². The van der Waals surface area contributed by atoms with Crippen LogP contribution in [0.5, 0.6) is 0 Å². The highest BCUT2D eigenvalue weighted by Crippen LogP contribution is 2.12. The van der Waals surface area contributed by atoms with E-state index in [-0.39, 0.29) is 24.3 Å². The van der Waals surface area contributed by atoms with Crippen molar-refractivity contribution in [2.45, 2.75) is 26.3 Å². The van der Waals surface area contributed by atoms with Crippen molar-refractivity contribution in [3.8, 4) is 0 Å². The second kappa shape index (κ2) is 9.51. The average Bonchev–Trinajstić information content (AvgIpc) is 3.19. The van der Waals surface area contributed by atoms with Gasteiger partial charge in [0.1, 0.15) is 6.04 Å². The third kappa shape index (κ3) is 5.67. The number of likely N-dealkylation sites (N-methyl/N-ethyl adjacent to an activating group) is 1. The Hall–Kier alpha value is -3.16. The summed E-state index contributed by atoms with van der Waals surface area (Å²) in [5.74, 6) is -0.750. The Balaban J connectivity index is 1.93. The summed E-state index contributed by atoms with van der Waals surface area (Å²) in [4.78, 5) is 38.0. The third-order valence-corrected chi connectivity index (χ3v) is 3.98. The molecule has 1 heterocycles. The Morgan fingerprint density at radius 3 is 2.70 bits per heavy atom. The fourth-order valence-electron chi connectivity index (χ4n) is 2.51. The minimum Gasteiger partial charge on any atom is -0.352 e. The Morgan fingerprint density at radius 1 is 1.26 bits per heavy atom. The number of aromatic nitrogens is 2. The lowest BCUT2D eigenvalue weighted by Crippen LogP contribution is -2.38. The number of rotatable bonds is 8. The molecule has 3 amide bonds. The smallest absolute Gasteiger partial charge is 0.251 e. The molecule has 144 valence electrons. The average molecular weight is 371 g/mol. The van der Waals surface area contributed by atoms with E-state index in [9.17, 15) is 14.4 Å². The third-order valence-electron chi connectivity index (χ3n) is 3.98. The van der Waals surface area contributed by atoms with E-state index >= 15 is 0 Å². The summed E-state index contributed by atoms with van der Waals surface area (Å²) in [7, 11) is 1.57. The molecule has 1 aromatic carbocycles. The van der Waals surface area contributed by atoms with E-state index in [1.165, 1.54) is 9.58 Å². The van der Waals surface area contributed by atoms with E-state index in [0.717, 1.165) is 6.42 Å². The summed E-state index contributed by atoms with van der Waals surface area (Å²) in [6, 6.07) is 7.93. The molecule has 0 spiro atoms. The second-order valence-electron chi connectivity index (χ2n) is 6.24. The van der Waals surface area contributed by atoms with Crippen LogP contribution in [0.4, 0.5) is 5.69 Å². The first-order valence-electron chi connectivity index (χ1n) is 8.84. The van der Waals surface area contributed by atoms with Crippen LogP contribution in [-0.4, -0.2) is 52.5 Å². The van der Waals surface area contributed by atoms with Gasteiger partial charge in [-0.15, -0.1) is 0 Å². The van der Waals surface area contributed by atoms with Crippen LogP contribution in [0.15, 0.2) is 42.7 Å². The van der Waals surface area contributed by atoms with Gasteiger partial charge >= 0.3 is 0 Å². The molecular weight excluding hydrogens is 346 g/mol. The Kier molecular flexibility index (Phi) is 7.10. The molecule has 1 unspecified atom stereocenters. The summed E-state index contributed by atoms with van der Waals surface area (Å²) < 4.78 is 1.54. The summed E-state index contributed by atoms with van der Waals surface area (Å²) >= 11 is 0. The van der Waals surface area contributed by atoms with Gasteiger partial charge in [-0.3, -0.25) is 19.1 Å². The van der Waals surface area contributed by atoms with E-state index in [0.29, 0.717) is 17.8 Å². The molecule has 1 aromatic heterocycles. The molecule has 1 atom stereocenters. The number of nitrogens with zero attached hydrogens (tertiary/aromatic N) is 3. The lowest BCUT2D eigenvalue weighted by Gasteiger charge is -2.21. The number of hydrogen-bond acceptors (Lipinski definition) is 4. The van der Waals surface area contributed by atoms with Crippen molar-refractivity contribution < 1.29 is 14.4 Å². The molecule has 0 radical (unpaired) electrons. The lowest BCUT2D eigenvalue weighted by molar-refractivity contribution is -0.136. The van der Waals surface area contributed by atoms with Crippen LogP contribution in [0.2, 0.25) is 0 Å². The first kappa shape index (κ1) is 20.2. The number of amides is 3. The summed E-state index contributed by atoms with van der Waals surface area (Å²) in [5, 5.41) is 9.55. The fraction of sp³-hybridized carbons (Fsp3) is 0.368. The van der Waals surface area contributed by atoms with E-state index < -0.39 is 6.04 Å². The molecule has 27 heavy (non-hydrogen) atoms. The summed E-state index contributed by atoms with van der Waals surface area (Å²) in [6.45, 7) is 4.19. The summed E-state index contributed by atoms with van der Waals surface area (Å²) in [5.41, 5.74) is 0.975. The van der Waals surface area contributed by atoms with Gasteiger partial charge < -0.3 is 15.5 Å². The standard InChI is InChI=1S/C19H25N5O3/c1-4-9-20-18(26)15-7-5-8-16(12-15)22-17(25)13-23(3)19(27)14(2)24-11-6-10-21-24/h5-8,10-12,14H,4,9,13H2,1-3H3,(H,20,26)(H,22,25). The first-order chi connectivity index (χ1) is 12.9. The SMILES string of the molecule is CCCNC(=O)c1cccc(NC(=O)CN(C)C(=O)C(C)n2cccn2)c1. The molecule has 2 rings (SSSR count). The van der Waals surface area contributed by atoms with Gasteiger partial charge in [-0.2, -0.15) is 5.10 Å². The van der Waals surface area contributed by atoms with Crippen LogP contribution in [-0.2, 0) is 9.59 Å². The van der Waals surface area contributed by atoms with Crippen molar-refractivity contribution in [1.82, 2.24) is 20.0 Å². The quantitative estimate of drug-likeness (QED) is 0.738. The maximum atomic E-state index is 12.4. The number of carbonyl (C=O) groups is 3. The monoisotopic (exact) mass is 371 g/mol. The van der Waals surface area contributed by atoms with E-state index in [1.807, 2.05) is 6.92 Å². The Bertz CT molecular complexity index is 788. The molecule has 0 aliphatic carbocycles. The maximum absolute atomic E-state index is 12.4. The second-order valence-corrected chi connectivity index (χ2v) is 6.24. The van der Waals surface area contributed by atoms with Crippen molar-refractivity contribution in [2.75, 3.05) is 25.5 Å². The number of carbonyl (C=O) groups excluding carboxylic acids is 3. The predicted octanol–water partition coefficient (Wildman–Crippen LogP) is 1.68. The van der Waals surface area contributed by atoms with Gasteiger partial charge in [-0.05, 0) is 37.6 Å². The highest BCUT2D eigenvalue weighted by molar-refractivity contribution is 5.98. The van der Waals surface area contributed by atoms with Gasteiger partial charge in [-0.25, -0.2) is 0 Å². The minimum atomic E-state index is -0.497. The Labute approximate surface area is 158 Å². The van der Waals surface area contributed by atoms with Crippen molar-refractivity contribution in [2.24, 2.45) is 0 Å². The van der Waals surface area contributed by atoms with E-state index in [4.69, 9.17) is 0 Å². The van der Waals surface area contributed by atoms with Gasteiger partial charge in [0.15, 0.2) is 0 Å². The van der Waals surface area contributed by atoms with Gasteiger partial charge in [0.05, 0.1) is 6.54 Å². The fourth-order valence-corrected chi connectivity index (χ4v) is 2.51. The minimum absolute atomic E-state index is 0.100. The molecule has 2 N–H and O–H groups in total. The van der Waals surface area contributed by atoms with Crippen LogP contribution in [0.1, 0.15) is 36.7 Å². The molecule has 2 aromatic rings. The Morgan fingerprint density at radius 2 is 2.04 bits per heavy atom. The molecule has 0 bridgehead atoms. The van der Waals surface area contributed by atoms with Crippen molar-refractivity contribution >= 4 is 23.4 Å². The van der Waals surface area contributed by atoms with Gasteiger partial charge in [0.25, 0.3) is 5.91 Å². The highest BCUT2D eigenvalue weighted by atomic mass is 16.2. The zero-order chi connectivity index (χ0) is 19.8. The topological polar surface area (TPSA) is 96.3 Å². The van der Waals surface area contributed by atoms with E-state index in [2.05, 4.69) is 15.7 Å². The lowest BCUT2D eigenvalue weighted by atomic mass is 10.2. The van der Waals surface area contributed by atoms with Gasteiger partial charge in [0.2, 0.25) is 11.8 Å². The maximum Gasteiger partial charge on any atom is 0.251 e. The zero-order valence-electron chi connectivity index (χ0n) is 15.8. The molecular formula is C19H25N5O3. The van der Waals surface area contributed by atoms with Crippen LogP contribution in [0, 0.1) is 0 Å². The number of benzene rings is 1. The number of anilines is 1. The van der Waals surface area contributed by atoms with Gasteiger partial charge in [-0.1, -0.05) is 13.0 Å². The van der Waals surface area contributed by atoms with Crippen LogP contribution >= 0.6 is 0 Å². The van der Waals surface area contributed by atoms with Crippen molar-refractivity contribution in [3.63, 3.8) is 0 Å². The molecule has 0 saturated carbocycles. The highest BCUT2D eigenvalue weighted by Gasteiger charge is 2.21. The van der Waals surface area contributed by atoms with Crippen LogP contribution in [0.25, 0.3) is 0 Å². The van der Waals surface area contributed by atoms with Crippen molar-refractivity contribution in [1.29, 1.82) is 0 Å². The predicted molar refractivity (Wildman–Crippen MR) is 102 cm³/mol. The first-order valence-corrected chi connectivity index (χ1v) is 8.84. The number of nitrogens with one attached hydrogen (secondary N) is 2. The normalized spacial score (nSPS) is 11.5. The molecule has 0 fully saturated rings. The summed E-state index contributed by atoms with van der Waals surface area (Å²) in [6.07, 6.45) is 4.14. The molecule has 0 saturated heterocycles. The van der Waals surface area contributed by atoms with Crippen molar-refractivity contribution in [3.05, 3.63) is 48.3 Å². The molecule has 0 aliphatic heterocycles. The van der Waals surface area contributed by atoms with Gasteiger partial charge in [0, 0.05) is 37.2 Å². The van der Waals surface area contributed by atoms with Crippen LogP contribution in [0.3, 0.4) is 0 Å². The largest absolute Gasteiger partial charge is 0.352 e. The molecule has 8 nitrogen and oxygen atoms in total. The number of hydrogen-bond donors (Lipinski definition) is 2.